The van der Waals surface area contributed by atoms with E-state index in [4.69, 9.17) is 9.47 Å². The van der Waals surface area contributed by atoms with Crippen molar-refractivity contribution in [2.75, 3.05) is 18.5 Å². The fraction of sp³-hybridized carbons (Fsp3) is 0.190. The van der Waals surface area contributed by atoms with Crippen LogP contribution in [-0.4, -0.2) is 31.3 Å². The molecule has 0 aliphatic heterocycles. The number of hydrogen-bond acceptors (Lipinski definition) is 5. The van der Waals surface area contributed by atoms with Crippen LogP contribution in [0, 0.1) is 11.3 Å². The van der Waals surface area contributed by atoms with Crippen molar-refractivity contribution in [1.82, 2.24) is 0 Å². The number of carbonyl (C=O) groups excluding carboxylic acids is 2. The van der Waals surface area contributed by atoms with E-state index >= 15 is 0 Å². The van der Waals surface area contributed by atoms with E-state index in [1.165, 1.54) is 24.3 Å². The number of halogens is 3. The van der Waals surface area contributed by atoms with Gasteiger partial charge in [-0.15, -0.1) is 0 Å². The molecule has 0 radical (unpaired) electrons. The number of amides is 1. The summed E-state index contributed by atoms with van der Waals surface area (Å²) in [6.07, 6.45) is -3.40. The lowest BCUT2D eigenvalue weighted by Gasteiger charge is -2.08. The van der Waals surface area contributed by atoms with E-state index in [0.717, 1.165) is 0 Å². The van der Waals surface area contributed by atoms with Crippen molar-refractivity contribution in [2.45, 2.75) is 13.1 Å². The first-order chi connectivity index (χ1) is 14.2. The number of benzene rings is 2. The van der Waals surface area contributed by atoms with Crippen LogP contribution in [-0.2, 0) is 14.3 Å². The summed E-state index contributed by atoms with van der Waals surface area (Å²) >= 11 is 0. The molecule has 30 heavy (non-hydrogen) atoms. The molecule has 6 nitrogen and oxygen atoms in total. The van der Waals surface area contributed by atoms with E-state index in [2.05, 4.69) is 0 Å². The first-order valence-corrected chi connectivity index (χ1v) is 8.72. The number of alkyl halides is 3. The summed E-state index contributed by atoms with van der Waals surface area (Å²) in [5.74, 6) is -2.11. The van der Waals surface area contributed by atoms with Crippen molar-refractivity contribution in [3.8, 4) is 11.8 Å². The van der Waals surface area contributed by atoms with E-state index in [9.17, 15) is 28.0 Å². The van der Waals surface area contributed by atoms with Crippen molar-refractivity contribution in [3.05, 3.63) is 59.7 Å². The molecule has 1 amide bonds. The molecule has 156 valence electrons. The maximum absolute atomic E-state index is 12.3. The first kappa shape index (κ1) is 22.5. The summed E-state index contributed by atoms with van der Waals surface area (Å²) in [4.78, 5) is 22.2. The predicted molar refractivity (Wildman–Crippen MR) is 103 cm³/mol. The van der Waals surface area contributed by atoms with Crippen LogP contribution in [0.25, 0.3) is 11.6 Å². The summed E-state index contributed by atoms with van der Waals surface area (Å²) in [7, 11) is 0. The summed E-state index contributed by atoms with van der Waals surface area (Å²) in [6, 6.07) is 14.0. The predicted octanol–water partition coefficient (Wildman–Crippen LogP) is 4.19. The molecule has 0 atom stereocenters. The molecule has 0 saturated carbocycles. The Hall–Kier alpha value is -3.80. The fourth-order valence-corrected chi connectivity index (χ4v) is 2.29. The van der Waals surface area contributed by atoms with Crippen molar-refractivity contribution in [3.63, 3.8) is 0 Å². The normalized spacial score (nSPS) is 11.4. The zero-order valence-electron chi connectivity index (χ0n) is 15.8. The maximum Gasteiger partial charge on any atom is 0.471 e. The Morgan fingerprint density at radius 2 is 1.73 bits per heavy atom. The van der Waals surface area contributed by atoms with Gasteiger partial charge in [-0.2, -0.15) is 18.4 Å². The van der Waals surface area contributed by atoms with Crippen molar-refractivity contribution < 1.29 is 32.2 Å². The highest BCUT2D eigenvalue weighted by Crippen LogP contribution is 2.23. The third-order valence-electron chi connectivity index (χ3n) is 3.68. The number of anilines is 1. The molecular formula is C21H17F3N2O4. The second-order valence-electron chi connectivity index (χ2n) is 5.86. The Kier molecular flexibility index (Phi) is 7.58. The van der Waals surface area contributed by atoms with Gasteiger partial charge in [0, 0.05) is 5.69 Å². The summed E-state index contributed by atoms with van der Waals surface area (Å²) < 4.78 is 46.9. The van der Waals surface area contributed by atoms with Crippen molar-refractivity contribution in [2.24, 2.45) is 0 Å². The minimum atomic E-state index is -4.98. The van der Waals surface area contributed by atoms with Gasteiger partial charge in [-0.05, 0) is 48.4 Å². The minimum absolute atomic E-state index is 0.0403. The Morgan fingerprint density at radius 3 is 2.27 bits per heavy atom. The molecule has 0 heterocycles. The number of ether oxygens (including phenoxy) is 2. The summed E-state index contributed by atoms with van der Waals surface area (Å²) in [6.45, 7) is 1.74. The molecule has 0 bridgehead atoms. The van der Waals surface area contributed by atoms with Gasteiger partial charge in [-0.25, -0.2) is 4.79 Å². The summed E-state index contributed by atoms with van der Waals surface area (Å²) in [5, 5.41) is 11.1. The third kappa shape index (κ3) is 6.67. The molecule has 1 N–H and O–H groups in total. The Morgan fingerprint density at radius 1 is 1.10 bits per heavy atom. The monoisotopic (exact) mass is 418 g/mol. The van der Waals surface area contributed by atoms with Crippen LogP contribution >= 0.6 is 0 Å². The molecule has 0 unspecified atom stereocenters. The molecule has 9 heteroatoms. The van der Waals surface area contributed by atoms with Gasteiger partial charge in [-0.3, -0.25) is 4.79 Å². The molecule has 0 aromatic heterocycles. The van der Waals surface area contributed by atoms with Crippen molar-refractivity contribution in [1.29, 1.82) is 5.26 Å². The minimum Gasteiger partial charge on any atom is -0.482 e. The second-order valence-corrected chi connectivity index (χ2v) is 5.86. The maximum atomic E-state index is 12.3. The number of esters is 1. The molecule has 2 aromatic carbocycles. The number of nitrogens with zero attached hydrogens (tertiary/aromatic N) is 1. The quantitative estimate of drug-likeness (QED) is 0.414. The standard InChI is InChI=1S/C21H17F3N2O4/c1-2-29-19(27)13-30-18-9-3-14(4-10-18)11-16(12-25)15-5-7-17(8-6-15)26-20(28)21(22,23)24/h3-11H,2,13H2,1H3,(H,26,28)/b16-11+. The average Bonchev–Trinajstić information content (AvgIpc) is 2.71. The molecule has 0 spiro atoms. The topological polar surface area (TPSA) is 88.4 Å². The van der Waals surface area contributed by atoms with Gasteiger partial charge in [-0.1, -0.05) is 24.3 Å². The van der Waals surface area contributed by atoms with Gasteiger partial charge < -0.3 is 14.8 Å². The van der Waals surface area contributed by atoms with Gasteiger partial charge in [0.15, 0.2) is 6.61 Å². The Balaban J connectivity index is 2.07. The Bertz CT molecular complexity index is 960. The van der Waals surface area contributed by atoms with E-state index in [-0.39, 0.29) is 24.5 Å². The van der Waals surface area contributed by atoms with Crippen LogP contribution < -0.4 is 10.1 Å². The number of carbonyl (C=O) groups is 2. The van der Waals surface area contributed by atoms with Gasteiger partial charge in [0.2, 0.25) is 0 Å². The van der Waals surface area contributed by atoms with E-state index in [0.29, 0.717) is 16.9 Å². The molecule has 2 aromatic rings. The smallest absolute Gasteiger partial charge is 0.471 e. The molecule has 0 fully saturated rings. The number of hydrogen-bond donors (Lipinski definition) is 1. The first-order valence-electron chi connectivity index (χ1n) is 8.72. The highest BCUT2D eigenvalue weighted by atomic mass is 19.4. The van der Waals surface area contributed by atoms with Crippen LogP contribution in [0.15, 0.2) is 48.5 Å². The number of nitrogens with one attached hydrogen (secondary N) is 1. The molecule has 0 aliphatic rings. The van der Waals surface area contributed by atoms with E-state index in [1.54, 1.807) is 42.6 Å². The lowest BCUT2D eigenvalue weighted by Crippen LogP contribution is -2.29. The van der Waals surface area contributed by atoms with E-state index < -0.39 is 18.1 Å². The molecule has 0 aliphatic carbocycles. The second kappa shape index (κ2) is 10.1. The van der Waals surface area contributed by atoms with Gasteiger partial charge in [0.1, 0.15) is 5.75 Å². The molecular weight excluding hydrogens is 401 g/mol. The highest BCUT2D eigenvalue weighted by molar-refractivity contribution is 5.95. The van der Waals surface area contributed by atoms with Gasteiger partial charge in [0.05, 0.1) is 18.2 Å². The third-order valence-corrected chi connectivity index (χ3v) is 3.68. The van der Waals surface area contributed by atoms with E-state index in [1.807, 2.05) is 6.07 Å². The van der Waals surface area contributed by atoms with Crippen LogP contribution in [0.4, 0.5) is 18.9 Å². The average molecular weight is 418 g/mol. The zero-order valence-corrected chi connectivity index (χ0v) is 15.8. The van der Waals surface area contributed by atoms with Crippen LogP contribution in [0.5, 0.6) is 5.75 Å². The fourth-order valence-electron chi connectivity index (χ4n) is 2.29. The van der Waals surface area contributed by atoms with Crippen molar-refractivity contribution >= 4 is 29.2 Å². The van der Waals surface area contributed by atoms with Crippen LogP contribution in [0.1, 0.15) is 18.1 Å². The number of allylic oxidation sites excluding steroid dienone is 1. The number of rotatable bonds is 7. The Labute approximate surface area is 170 Å². The zero-order chi connectivity index (χ0) is 22.1. The SMILES string of the molecule is CCOC(=O)COc1ccc(/C=C(\C#N)c2ccc(NC(=O)C(F)(F)F)cc2)cc1. The molecule has 0 saturated heterocycles. The van der Waals surface area contributed by atoms with Gasteiger partial charge >= 0.3 is 18.1 Å². The lowest BCUT2D eigenvalue weighted by atomic mass is 10.0. The molecule has 2 rings (SSSR count). The van der Waals surface area contributed by atoms with Crippen LogP contribution in [0.3, 0.4) is 0 Å². The number of nitriles is 1. The van der Waals surface area contributed by atoms with Crippen LogP contribution in [0.2, 0.25) is 0 Å². The highest BCUT2D eigenvalue weighted by Gasteiger charge is 2.38. The largest absolute Gasteiger partial charge is 0.482 e. The summed E-state index contributed by atoms with van der Waals surface area (Å²) in [5.41, 5.74) is 1.36. The van der Waals surface area contributed by atoms with Gasteiger partial charge in [0.25, 0.3) is 0 Å². The lowest BCUT2D eigenvalue weighted by molar-refractivity contribution is -0.167.